The lowest BCUT2D eigenvalue weighted by molar-refractivity contribution is 0.0999. The van der Waals surface area contributed by atoms with Gasteiger partial charge in [-0.25, -0.2) is 0 Å². The van der Waals surface area contributed by atoms with Crippen molar-refractivity contribution in [1.82, 2.24) is 0 Å². The third-order valence-electron chi connectivity index (χ3n) is 2.99. The quantitative estimate of drug-likeness (QED) is 0.723. The van der Waals surface area contributed by atoms with E-state index in [4.69, 9.17) is 11.5 Å². The Morgan fingerprint density at radius 1 is 1.00 bits per heavy atom. The molecule has 1 aromatic carbocycles. The predicted molar refractivity (Wildman–Crippen MR) is 71.3 cm³/mol. The number of carbonyl (C=O) groups excluding carboxylic acids is 2. The van der Waals surface area contributed by atoms with Crippen LogP contribution in [0.5, 0.6) is 0 Å². The van der Waals surface area contributed by atoms with Gasteiger partial charge in [-0.05, 0) is 30.5 Å². The first kappa shape index (κ1) is 14.2. The SMILES string of the molecule is CCCCCCc1c(C(N)=O)cccc1C(N)=O. The number of benzene rings is 1. The zero-order valence-electron chi connectivity index (χ0n) is 10.7. The Balaban J connectivity index is 2.96. The lowest BCUT2D eigenvalue weighted by Gasteiger charge is -2.10. The van der Waals surface area contributed by atoms with Crippen molar-refractivity contribution in [3.8, 4) is 0 Å². The minimum atomic E-state index is -0.511. The molecule has 0 atom stereocenters. The minimum Gasteiger partial charge on any atom is -0.366 e. The van der Waals surface area contributed by atoms with Crippen molar-refractivity contribution >= 4 is 11.8 Å². The van der Waals surface area contributed by atoms with Gasteiger partial charge in [0.25, 0.3) is 0 Å². The summed E-state index contributed by atoms with van der Waals surface area (Å²) in [7, 11) is 0. The number of hydrogen-bond donors (Lipinski definition) is 2. The molecule has 0 aliphatic carbocycles. The Morgan fingerprint density at radius 2 is 1.56 bits per heavy atom. The lowest BCUT2D eigenvalue weighted by atomic mass is 9.95. The van der Waals surface area contributed by atoms with E-state index in [0.29, 0.717) is 23.1 Å². The average Bonchev–Trinajstić information content (AvgIpc) is 2.34. The molecule has 0 saturated heterocycles. The Morgan fingerprint density at radius 3 is 2.00 bits per heavy atom. The van der Waals surface area contributed by atoms with Crippen LogP contribution in [0.1, 0.15) is 58.9 Å². The lowest BCUT2D eigenvalue weighted by Crippen LogP contribution is -2.19. The Hall–Kier alpha value is -1.84. The standard InChI is InChI=1S/C14H20N2O2/c1-2-3-4-5-7-10-11(13(15)17)8-6-9-12(10)14(16)18/h6,8-9H,2-5,7H2,1H3,(H2,15,17)(H2,16,18). The normalized spacial score (nSPS) is 10.3. The number of hydrogen-bond acceptors (Lipinski definition) is 2. The highest BCUT2D eigenvalue weighted by Crippen LogP contribution is 2.18. The van der Waals surface area contributed by atoms with Gasteiger partial charge in [-0.3, -0.25) is 9.59 Å². The van der Waals surface area contributed by atoms with Gasteiger partial charge >= 0.3 is 0 Å². The van der Waals surface area contributed by atoms with Crippen LogP contribution in [0.3, 0.4) is 0 Å². The van der Waals surface area contributed by atoms with E-state index in [1.807, 2.05) is 0 Å². The molecule has 0 radical (unpaired) electrons. The molecule has 4 N–H and O–H groups in total. The van der Waals surface area contributed by atoms with Gasteiger partial charge in [-0.15, -0.1) is 0 Å². The van der Waals surface area contributed by atoms with Crippen molar-refractivity contribution in [2.45, 2.75) is 39.0 Å². The molecule has 4 nitrogen and oxygen atoms in total. The van der Waals surface area contributed by atoms with Crippen molar-refractivity contribution < 1.29 is 9.59 Å². The van der Waals surface area contributed by atoms with Gasteiger partial charge in [0.1, 0.15) is 0 Å². The number of amides is 2. The van der Waals surface area contributed by atoms with E-state index < -0.39 is 11.8 Å². The first-order valence-corrected chi connectivity index (χ1v) is 6.29. The molecule has 0 aromatic heterocycles. The van der Waals surface area contributed by atoms with E-state index in [2.05, 4.69) is 6.92 Å². The van der Waals surface area contributed by atoms with Crippen LogP contribution in [0.2, 0.25) is 0 Å². The third-order valence-corrected chi connectivity index (χ3v) is 2.99. The Kier molecular flexibility index (Phi) is 5.36. The van der Waals surface area contributed by atoms with Crippen molar-refractivity contribution in [3.05, 3.63) is 34.9 Å². The molecule has 0 fully saturated rings. The first-order valence-electron chi connectivity index (χ1n) is 6.29. The molecule has 0 aliphatic heterocycles. The van der Waals surface area contributed by atoms with Gasteiger partial charge in [0.05, 0.1) is 0 Å². The summed E-state index contributed by atoms with van der Waals surface area (Å²) in [6.07, 6.45) is 4.95. The zero-order chi connectivity index (χ0) is 13.5. The van der Waals surface area contributed by atoms with Crippen LogP contribution in [0.4, 0.5) is 0 Å². The highest BCUT2D eigenvalue weighted by atomic mass is 16.1. The fraction of sp³-hybridized carbons (Fsp3) is 0.429. The molecule has 0 aliphatic rings. The molecule has 0 bridgehead atoms. The number of rotatable bonds is 7. The first-order chi connectivity index (χ1) is 8.57. The molecule has 18 heavy (non-hydrogen) atoms. The molecule has 0 heterocycles. The van der Waals surface area contributed by atoms with E-state index in [1.54, 1.807) is 18.2 Å². The van der Waals surface area contributed by atoms with Crippen molar-refractivity contribution in [3.63, 3.8) is 0 Å². The van der Waals surface area contributed by atoms with Crippen LogP contribution in [-0.2, 0) is 6.42 Å². The maximum Gasteiger partial charge on any atom is 0.249 e. The number of primary amides is 2. The highest BCUT2D eigenvalue weighted by Gasteiger charge is 2.15. The Bertz CT molecular complexity index is 409. The molecule has 0 saturated carbocycles. The van der Waals surface area contributed by atoms with Gasteiger partial charge in [0.2, 0.25) is 11.8 Å². The van der Waals surface area contributed by atoms with Gasteiger partial charge in [0.15, 0.2) is 0 Å². The fourth-order valence-corrected chi connectivity index (χ4v) is 2.05. The van der Waals surface area contributed by atoms with Gasteiger partial charge in [0, 0.05) is 11.1 Å². The summed E-state index contributed by atoms with van der Waals surface area (Å²) in [4.78, 5) is 22.7. The highest BCUT2D eigenvalue weighted by molar-refractivity contribution is 6.00. The van der Waals surface area contributed by atoms with Gasteiger partial charge < -0.3 is 11.5 Å². The average molecular weight is 248 g/mol. The number of nitrogens with two attached hydrogens (primary N) is 2. The largest absolute Gasteiger partial charge is 0.366 e. The van der Waals surface area contributed by atoms with Crippen molar-refractivity contribution in [2.75, 3.05) is 0 Å². The van der Waals surface area contributed by atoms with Crippen molar-refractivity contribution in [1.29, 1.82) is 0 Å². The maximum absolute atomic E-state index is 11.4. The summed E-state index contributed by atoms with van der Waals surface area (Å²) in [5.74, 6) is -1.02. The summed E-state index contributed by atoms with van der Waals surface area (Å²) < 4.78 is 0. The van der Waals surface area contributed by atoms with Crippen LogP contribution in [-0.4, -0.2) is 11.8 Å². The van der Waals surface area contributed by atoms with Crippen LogP contribution in [0.15, 0.2) is 18.2 Å². The second-order valence-electron chi connectivity index (χ2n) is 4.37. The van der Waals surface area contributed by atoms with Crippen LogP contribution in [0.25, 0.3) is 0 Å². The second-order valence-corrected chi connectivity index (χ2v) is 4.37. The van der Waals surface area contributed by atoms with E-state index in [9.17, 15) is 9.59 Å². The molecular formula is C14H20N2O2. The third kappa shape index (κ3) is 3.58. The van der Waals surface area contributed by atoms with Crippen LogP contribution >= 0.6 is 0 Å². The molecular weight excluding hydrogens is 228 g/mol. The summed E-state index contributed by atoms with van der Waals surface area (Å²) >= 11 is 0. The van der Waals surface area contributed by atoms with E-state index in [-0.39, 0.29) is 0 Å². The van der Waals surface area contributed by atoms with Crippen LogP contribution < -0.4 is 11.5 Å². The molecule has 1 rings (SSSR count). The minimum absolute atomic E-state index is 0.405. The molecule has 4 heteroatoms. The molecule has 98 valence electrons. The molecule has 2 amide bonds. The van der Waals surface area contributed by atoms with E-state index in [1.165, 1.54) is 0 Å². The monoisotopic (exact) mass is 248 g/mol. The number of unbranched alkanes of at least 4 members (excludes halogenated alkanes) is 3. The smallest absolute Gasteiger partial charge is 0.249 e. The summed E-state index contributed by atoms with van der Waals surface area (Å²) in [6.45, 7) is 2.13. The molecule has 1 aromatic rings. The Labute approximate surface area is 107 Å². The van der Waals surface area contributed by atoms with Gasteiger partial charge in [-0.1, -0.05) is 32.3 Å². The second kappa shape index (κ2) is 6.79. The summed E-state index contributed by atoms with van der Waals surface area (Å²) in [5, 5.41) is 0. The zero-order valence-corrected chi connectivity index (χ0v) is 10.7. The van der Waals surface area contributed by atoms with Gasteiger partial charge in [-0.2, -0.15) is 0 Å². The maximum atomic E-state index is 11.4. The predicted octanol–water partition coefficient (Wildman–Crippen LogP) is 2.01. The number of carbonyl (C=O) groups is 2. The summed E-state index contributed by atoms with van der Waals surface area (Å²) in [5.41, 5.74) is 12.1. The van der Waals surface area contributed by atoms with Crippen LogP contribution in [0, 0.1) is 0 Å². The van der Waals surface area contributed by atoms with E-state index >= 15 is 0 Å². The van der Waals surface area contributed by atoms with Crippen molar-refractivity contribution in [2.24, 2.45) is 11.5 Å². The summed E-state index contributed by atoms with van der Waals surface area (Å²) in [6, 6.07) is 4.92. The molecule has 0 spiro atoms. The topological polar surface area (TPSA) is 86.2 Å². The van der Waals surface area contributed by atoms with E-state index in [0.717, 1.165) is 25.7 Å². The molecule has 0 unspecified atom stereocenters. The fourth-order valence-electron chi connectivity index (χ4n) is 2.05.